The Bertz CT molecular complexity index is 967. The molecule has 1 atom stereocenters. The fourth-order valence-corrected chi connectivity index (χ4v) is 3.94. The third kappa shape index (κ3) is 6.65. The highest BCUT2D eigenvalue weighted by molar-refractivity contribution is 7.80. The molecular formula is C22H26ClN5O2S. The van der Waals surface area contributed by atoms with Gasteiger partial charge in [-0.15, -0.1) is 0 Å². The molecule has 0 aromatic heterocycles. The zero-order valence-corrected chi connectivity index (χ0v) is 18.9. The van der Waals surface area contributed by atoms with Crippen LogP contribution in [0.1, 0.15) is 36.5 Å². The largest absolute Gasteiger partial charge is 0.366 e. The Hall–Kier alpha value is -2.68. The predicted molar refractivity (Wildman–Crippen MR) is 130 cm³/mol. The Morgan fingerprint density at radius 2 is 1.77 bits per heavy atom. The van der Waals surface area contributed by atoms with E-state index < -0.39 is 5.91 Å². The number of thiocarbonyl (C=S) groups is 1. The molecule has 5 N–H and O–H groups in total. The molecule has 0 saturated carbocycles. The topological polar surface area (TPSA) is 99.5 Å². The molecule has 2 amide bonds. The van der Waals surface area contributed by atoms with E-state index in [1.165, 1.54) is 6.42 Å². The van der Waals surface area contributed by atoms with E-state index >= 15 is 0 Å². The molecule has 0 spiro atoms. The van der Waals surface area contributed by atoms with Gasteiger partial charge in [0.05, 0.1) is 17.3 Å². The van der Waals surface area contributed by atoms with E-state index in [1.54, 1.807) is 42.5 Å². The van der Waals surface area contributed by atoms with Crippen LogP contribution in [0, 0.1) is 0 Å². The number of nitrogens with one attached hydrogen (secondary N) is 3. The molecule has 0 radical (unpaired) electrons. The molecule has 1 unspecified atom stereocenters. The number of carbonyl (C=O) groups excluding carboxylic acids is 2. The van der Waals surface area contributed by atoms with Crippen LogP contribution < -0.4 is 21.7 Å². The second kappa shape index (κ2) is 10.6. The van der Waals surface area contributed by atoms with Crippen LogP contribution in [0.4, 0.5) is 17.1 Å². The first-order valence-corrected chi connectivity index (χ1v) is 10.9. The third-order valence-corrected chi connectivity index (χ3v) is 5.73. The lowest BCUT2D eigenvalue weighted by Gasteiger charge is -2.32. The summed E-state index contributed by atoms with van der Waals surface area (Å²) in [4.78, 5) is 25.8. The lowest BCUT2D eigenvalue weighted by atomic mass is 10.0. The molecule has 1 aliphatic heterocycles. The lowest BCUT2D eigenvalue weighted by molar-refractivity contribution is -0.118. The van der Waals surface area contributed by atoms with Crippen LogP contribution in [-0.4, -0.2) is 41.0 Å². The van der Waals surface area contributed by atoms with Gasteiger partial charge < -0.3 is 21.7 Å². The first-order chi connectivity index (χ1) is 14.8. The summed E-state index contributed by atoms with van der Waals surface area (Å²) in [6, 6.07) is 12.3. The Labute approximate surface area is 192 Å². The summed E-state index contributed by atoms with van der Waals surface area (Å²) in [6.45, 7) is 3.46. The number of amides is 2. The molecule has 1 heterocycles. The van der Waals surface area contributed by atoms with Crippen molar-refractivity contribution in [2.75, 3.05) is 29.0 Å². The van der Waals surface area contributed by atoms with Crippen molar-refractivity contribution in [3.8, 4) is 0 Å². The predicted octanol–water partition coefficient (Wildman–Crippen LogP) is 4.06. The zero-order valence-electron chi connectivity index (χ0n) is 17.3. The van der Waals surface area contributed by atoms with E-state index in [0.29, 0.717) is 45.3 Å². The van der Waals surface area contributed by atoms with Gasteiger partial charge in [0.1, 0.15) is 0 Å². The van der Waals surface area contributed by atoms with Gasteiger partial charge in [0.15, 0.2) is 5.11 Å². The second-order valence-corrected chi connectivity index (χ2v) is 8.39. The summed E-state index contributed by atoms with van der Waals surface area (Å²) in [5, 5.41) is 9.73. The van der Waals surface area contributed by atoms with Gasteiger partial charge in [0, 0.05) is 23.0 Å². The Morgan fingerprint density at radius 3 is 2.42 bits per heavy atom. The van der Waals surface area contributed by atoms with Crippen LogP contribution in [0.25, 0.3) is 0 Å². The Morgan fingerprint density at radius 1 is 1.10 bits per heavy atom. The molecule has 1 fully saturated rings. The molecule has 0 aliphatic carbocycles. The maximum Gasteiger partial charge on any atom is 0.248 e. The Balaban J connectivity index is 1.54. The average Bonchev–Trinajstić information content (AvgIpc) is 2.72. The molecule has 9 heteroatoms. The number of hydrogen-bond donors (Lipinski definition) is 4. The van der Waals surface area contributed by atoms with Gasteiger partial charge in [0.25, 0.3) is 0 Å². The quantitative estimate of drug-likeness (QED) is 0.486. The fourth-order valence-electron chi connectivity index (χ4n) is 3.47. The second-order valence-electron chi connectivity index (χ2n) is 7.58. The average molecular weight is 460 g/mol. The molecule has 1 saturated heterocycles. The van der Waals surface area contributed by atoms with Gasteiger partial charge in [-0.25, -0.2) is 0 Å². The number of benzene rings is 2. The third-order valence-electron chi connectivity index (χ3n) is 5.22. The van der Waals surface area contributed by atoms with Crippen LogP contribution >= 0.6 is 23.8 Å². The van der Waals surface area contributed by atoms with Crippen molar-refractivity contribution in [3.05, 3.63) is 53.1 Å². The lowest BCUT2D eigenvalue weighted by Crippen LogP contribution is -2.42. The summed E-state index contributed by atoms with van der Waals surface area (Å²) >= 11 is 11.7. The molecule has 31 heavy (non-hydrogen) atoms. The molecule has 164 valence electrons. The molecule has 0 bridgehead atoms. The van der Waals surface area contributed by atoms with E-state index in [4.69, 9.17) is 29.6 Å². The molecule has 7 nitrogen and oxygen atoms in total. The van der Waals surface area contributed by atoms with Gasteiger partial charge >= 0.3 is 0 Å². The molecule has 2 aromatic rings. The fraction of sp³-hybridized carbons (Fsp3) is 0.318. The number of hydrogen-bond acceptors (Lipinski definition) is 4. The minimum Gasteiger partial charge on any atom is -0.366 e. The molecular weight excluding hydrogens is 434 g/mol. The number of piperidine rings is 1. The van der Waals surface area contributed by atoms with Crippen LogP contribution in [0.3, 0.4) is 0 Å². The summed E-state index contributed by atoms with van der Waals surface area (Å²) in [6.07, 6.45) is 3.47. The number of anilines is 3. The highest BCUT2D eigenvalue weighted by Gasteiger charge is 2.20. The van der Waals surface area contributed by atoms with Gasteiger partial charge in [-0.05, 0) is 81.0 Å². The minimum atomic E-state index is -0.487. The van der Waals surface area contributed by atoms with Crippen molar-refractivity contribution >= 4 is 57.8 Å². The van der Waals surface area contributed by atoms with Crippen molar-refractivity contribution in [1.29, 1.82) is 0 Å². The Kier molecular flexibility index (Phi) is 7.84. The maximum absolute atomic E-state index is 12.4. The number of nitrogens with zero attached hydrogens (tertiary/aromatic N) is 1. The SMILES string of the molecule is CC1CCCCN1CC(=O)Nc1ccc(NC(=S)Nc2ccc(C(N)=O)cc2)cc1Cl. The van der Waals surface area contributed by atoms with Crippen molar-refractivity contribution in [1.82, 2.24) is 4.90 Å². The molecule has 2 aromatic carbocycles. The van der Waals surface area contributed by atoms with Crippen LogP contribution in [0.5, 0.6) is 0 Å². The standard InChI is InChI=1S/C22H26ClN5O2S/c1-14-4-2-3-11-28(14)13-20(29)27-19-10-9-17(12-18(19)23)26-22(31)25-16-7-5-15(6-8-16)21(24)30/h5-10,12,14H,2-4,11,13H2,1H3,(H2,24,30)(H,27,29)(H2,25,26,31). The smallest absolute Gasteiger partial charge is 0.248 e. The van der Waals surface area contributed by atoms with Crippen molar-refractivity contribution in [2.45, 2.75) is 32.2 Å². The van der Waals surface area contributed by atoms with E-state index in [9.17, 15) is 9.59 Å². The molecule has 1 aliphatic rings. The minimum absolute atomic E-state index is 0.0760. The number of carbonyl (C=O) groups is 2. The highest BCUT2D eigenvalue weighted by atomic mass is 35.5. The van der Waals surface area contributed by atoms with Crippen LogP contribution in [0.15, 0.2) is 42.5 Å². The monoisotopic (exact) mass is 459 g/mol. The van der Waals surface area contributed by atoms with Crippen LogP contribution in [-0.2, 0) is 4.79 Å². The normalized spacial score (nSPS) is 16.4. The first-order valence-electron chi connectivity index (χ1n) is 10.1. The van der Waals surface area contributed by atoms with Crippen molar-refractivity contribution < 1.29 is 9.59 Å². The number of primary amides is 1. The summed E-state index contributed by atoms with van der Waals surface area (Å²) in [5.74, 6) is -0.563. The van der Waals surface area contributed by atoms with E-state index in [1.807, 2.05) is 0 Å². The van der Waals surface area contributed by atoms with Crippen molar-refractivity contribution in [3.63, 3.8) is 0 Å². The van der Waals surface area contributed by atoms with Gasteiger partial charge in [0.2, 0.25) is 11.8 Å². The number of halogens is 1. The summed E-state index contributed by atoms with van der Waals surface area (Å²) < 4.78 is 0. The van der Waals surface area contributed by atoms with Crippen LogP contribution in [0.2, 0.25) is 5.02 Å². The van der Waals surface area contributed by atoms with Gasteiger partial charge in [-0.1, -0.05) is 18.0 Å². The number of rotatable bonds is 6. The van der Waals surface area contributed by atoms with E-state index in [-0.39, 0.29) is 5.91 Å². The van der Waals surface area contributed by atoms with Crippen molar-refractivity contribution in [2.24, 2.45) is 5.73 Å². The van der Waals surface area contributed by atoms with E-state index in [0.717, 1.165) is 19.4 Å². The zero-order chi connectivity index (χ0) is 22.4. The number of likely N-dealkylation sites (tertiary alicyclic amines) is 1. The summed E-state index contributed by atoms with van der Waals surface area (Å²) in [7, 11) is 0. The van der Waals surface area contributed by atoms with Gasteiger partial charge in [-0.2, -0.15) is 0 Å². The maximum atomic E-state index is 12.4. The van der Waals surface area contributed by atoms with E-state index in [2.05, 4.69) is 27.8 Å². The molecule has 3 rings (SSSR count). The van der Waals surface area contributed by atoms with Gasteiger partial charge in [-0.3, -0.25) is 14.5 Å². The first kappa shape index (κ1) is 23.0. The number of nitrogens with two attached hydrogens (primary N) is 1. The highest BCUT2D eigenvalue weighted by Crippen LogP contribution is 2.26. The summed E-state index contributed by atoms with van der Waals surface area (Å²) in [5.41, 5.74) is 7.61.